The Morgan fingerprint density at radius 1 is 1.47 bits per heavy atom. The van der Waals surface area contributed by atoms with Gasteiger partial charge in [0.1, 0.15) is 0 Å². The maximum Gasteiger partial charge on any atom is 0.237 e. The molecule has 1 unspecified atom stereocenters. The summed E-state index contributed by atoms with van der Waals surface area (Å²) in [6.45, 7) is 1.44. The lowest BCUT2D eigenvalue weighted by Gasteiger charge is -2.24. The summed E-state index contributed by atoms with van der Waals surface area (Å²) in [7, 11) is 0. The van der Waals surface area contributed by atoms with Crippen LogP contribution in [0.2, 0.25) is 0 Å². The average Bonchev–Trinajstić information content (AvgIpc) is 2.84. The second-order valence-corrected chi connectivity index (χ2v) is 5.74. The van der Waals surface area contributed by atoms with Crippen LogP contribution in [0.5, 0.6) is 0 Å². The van der Waals surface area contributed by atoms with E-state index in [0.29, 0.717) is 18.6 Å². The van der Waals surface area contributed by atoms with Gasteiger partial charge in [0.2, 0.25) is 5.91 Å². The highest BCUT2D eigenvalue weighted by atomic mass is 32.1. The minimum atomic E-state index is 0.269. The van der Waals surface area contributed by atoms with Crippen LogP contribution in [-0.2, 0) is 4.79 Å². The smallest absolute Gasteiger partial charge is 0.237 e. The highest BCUT2D eigenvalue weighted by Gasteiger charge is 2.31. The van der Waals surface area contributed by atoms with Crippen molar-refractivity contribution >= 4 is 17.2 Å². The molecule has 3 nitrogen and oxygen atoms in total. The Morgan fingerprint density at radius 2 is 2.35 bits per heavy atom. The van der Waals surface area contributed by atoms with Crippen LogP contribution in [0.3, 0.4) is 0 Å². The maximum atomic E-state index is 12.1. The molecule has 0 bridgehead atoms. The monoisotopic (exact) mass is 250 g/mol. The number of carbonyl (C=O) groups excluding carboxylic acids is 1. The molecule has 92 valence electrons. The first-order valence-corrected chi connectivity index (χ1v) is 7.34. The van der Waals surface area contributed by atoms with Gasteiger partial charge in [-0.15, -0.1) is 0 Å². The van der Waals surface area contributed by atoms with E-state index < -0.39 is 0 Å². The van der Waals surface area contributed by atoms with Crippen molar-refractivity contribution in [3.8, 4) is 0 Å². The summed E-state index contributed by atoms with van der Waals surface area (Å²) in [5.41, 5.74) is 1.31. The first-order valence-electron chi connectivity index (χ1n) is 6.39. The van der Waals surface area contributed by atoms with E-state index in [1.165, 1.54) is 18.4 Å². The Hall–Kier alpha value is -0.870. The van der Waals surface area contributed by atoms with E-state index in [1.807, 2.05) is 0 Å². The zero-order valence-electron chi connectivity index (χ0n) is 9.89. The van der Waals surface area contributed by atoms with Crippen molar-refractivity contribution < 1.29 is 4.79 Å². The molecule has 0 radical (unpaired) electrons. The van der Waals surface area contributed by atoms with E-state index in [0.717, 1.165) is 19.4 Å². The van der Waals surface area contributed by atoms with Gasteiger partial charge in [0.15, 0.2) is 0 Å². The van der Waals surface area contributed by atoms with Gasteiger partial charge in [-0.25, -0.2) is 0 Å². The van der Waals surface area contributed by atoms with E-state index in [9.17, 15) is 4.79 Å². The van der Waals surface area contributed by atoms with Crippen LogP contribution in [0.15, 0.2) is 16.8 Å². The normalized spacial score (nSPS) is 24.2. The minimum absolute atomic E-state index is 0.269. The molecule has 3 rings (SSSR count). The van der Waals surface area contributed by atoms with Gasteiger partial charge in [0.05, 0.1) is 12.6 Å². The molecule has 2 fully saturated rings. The molecule has 0 spiro atoms. The molecule has 2 heterocycles. The second-order valence-electron chi connectivity index (χ2n) is 4.96. The number of hydrogen-bond acceptors (Lipinski definition) is 3. The molecule has 1 aliphatic carbocycles. The largest absolute Gasteiger partial charge is 0.335 e. The fraction of sp³-hybridized carbons (Fsp3) is 0.615. The fourth-order valence-corrected chi connectivity index (χ4v) is 3.20. The van der Waals surface area contributed by atoms with E-state index in [1.54, 1.807) is 11.3 Å². The van der Waals surface area contributed by atoms with Gasteiger partial charge in [-0.2, -0.15) is 11.3 Å². The first-order chi connectivity index (χ1) is 8.34. The van der Waals surface area contributed by atoms with Crippen molar-refractivity contribution in [2.45, 2.75) is 37.8 Å². The lowest BCUT2D eigenvalue weighted by Crippen LogP contribution is -2.38. The van der Waals surface area contributed by atoms with Crippen molar-refractivity contribution in [3.63, 3.8) is 0 Å². The molecule has 1 saturated carbocycles. The predicted molar refractivity (Wildman–Crippen MR) is 69.0 cm³/mol. The van der Waals surface area contributed by atoms with Crippen molar-refractivity contribution in [2.24, 2.45) is 0 Å². The van der Waals surface area contributed by atoms with Crippen LogP contribution in [0.1, 0.15) is 37.3 Å². The highest BCUT2D eigenvalue weighted by Crippen LogP contribution is 2.33. The third-order valence-electron chi connectivity index (χ3n) is 3.62. The number of nitrogens with one attached hydrogen (secondary N) is 1. The standard InChI is InChI=1S/C13H18N2OS/c16-13(8-14-11-3-4-11)15-6-1-2-12(15)10-5-7-17-9-10/h5,7,9,11-12,14H,1-4,6,8H2. The quantitative estimate of drug-likeness (QED) is 0.888. The maximum absolute atomic E-state index is 12.1. The second kappa shape index (κ2) is 4.78. The van der Waals surface area contributed by atoms with E-state index >= 15 is 0 Å². The van der Waals surface area contributed by atoms with E-state index in [4.69, 9.17) is 0 Å². The first kappa shape index (κ1) is 11.2. The Bertz CT molecular complexity index is 386. The van der Waals surface area contributed by atoms with Crippen molar-refractivity contribution in [1.82, 2.24) is 10.2 Å². The van der Waals surface area contributed by atoms with Crippen LogP contribution >= 0.6 is 11.3 Å². The van der Waals surface area contributed by atoms with Crippen LogP contribution in [0, 0.1) is 0 Å². The average molecular weight is 250 g/mol. The molecule has 1 aromatic rings. The van der Waals surface area contributed by atoms with Gasteiger partial charge >= 0.3 is 0 Å². The molecule has 1 amide bonds. The number of hydrogen-bond donors (Lipinski definition) is 1. The predicted octanol–water partition coefficient (Wildman–Crippen LogP) is 2.16. The van der Waals surface area contributed by atoms with Gasteiger partial charge in [0, 0.05) is 12.6 Å². The van der Waals surface area contributed by atoms with Crippen molar-refractivity contribution in [1.29, 1.82) is 0 Å². The number of amides is 1. The summed E-state index contributed by atoms with van der Waals surface area (Å²) in [5.74, 6) is 0.269. The molecule has 1 aromatic heterocycles. The molecule has 17 heavy (non-hydrogen) atoms. The molecule has 1 N–H and O–H groups in total. The zero-order chi connectivity index (χ0) is 11.7. The molecule has 1 aliphatic heterocycles. The molecular weight excluding hydrogens is 232 g/mol. The van der Waals surface area contributed by atoms with Crippen molar-refractivity contribution in [3.05, 3.63) is 22.4 Å². The van der Waals surface area contributed by atoms with Crippen LogP contribution in [0.4, 0.5) is 0 Å². The lowest BCUT2D eigenvalue weighted by atomic mass is 10.1. The Kier molecular flexibility index (Phi) is 3.16. The minimum Gasteiger partial charge on any atom is -0.335 e. The molecule has 1 saturated heterocycles. The molecule has 2 aliphatic rings. The number of nitrogens with zero attached hydrogens (tertiary/aromatic N) is 1. The summed E-state index contributed by atoms with van der Waals surface area (Å²) in [6.07, 6.45) is 4.73. The lowest BCUT2D eigenvalue weighted by molar-refractivity contribution is -0.131. The molecule has 0 aromatic carbocycles. The summed E-state index contributed by atoms with van der Waals surface area (Å²) < 4.78 is 0. The molecule has 4 heteroatoms. The topological polar surface area (TPSA) is 32.3 Å². The Morgan fingerprint density at radius 3 is 3.06 bits per heavy atom. The van der Waals surface area contributed by atoms with Crippen LogP contribution in [-0.4, -0.2) is 29.9 Å². The van der Waals surface area contributed by atoms with Gasteiger partial charge in [0.25, 0.3) is 0 Å². The SMILES string of the molecule is O=C(CNC1CC1)N1CCCC1c1ccsc1. The van der Waals surface area contributed by atoms with Gasteiger partial charge in [-0.1, -0.05) is 0 Å². The third-order valence-corrected chi connectivity index (χ3v) is 4.32. The highest BCUT2D eigenvalue weighted by molar-refractivity contribution is 7.07. The summed E-state index contributed by atoms with van der Waals surface area (Å²) in [6, 6.07) is 3.09. The van der Waals surface area contributed by atoms with Gasteiger partial charge < -0.3 is 10.2 Å². The van der Waals surface area contributed by atoms with Crippen LogP contribution < -0.4 is 5.32 Å². The van der Waals surface area contributed by atoms with Gasteiger partial charge in [-0.05, 0) is 48.1 Å². The summed E-state index contributed by atoms with van der Waals surface area (Å²) >= 11 is 1.71. The van der Waals surface area contributed by atoms with Crippen molar-refractivity contribution in [2.75, 3.05) is 13.1 Å². The van der Waals surface area contributed by atoms with E-state index in [-0.39, 0.29) is 5.91 Å². The van der Waals surface area contributed by atoms with Gasteiger partial charge in [-0.3, -0.25) is 4.79 Å². The number of rotatable bonds is 4. The Balaban J connectivity index is 1.62. The number of thiophene rings is 1. The molecule has 1 atom stereocenters. The third kappa shape index (κ3) is 2.53. The fourth-order valence-electron chi connectivity index (χ4n) is 2.50. The van der Waals surface area contributed by atoms with E-state index in [2.05, 4.69) is 27.0 Å². The van der Waals surface area contributed by atoms with Crippen LogP contribution in [0.25, 0.3) is 0 Å². The number of likely N-dealkylation sites (tertiary alicyclic amines) is 1. The Labute approximate surface area is 106 Å². The zero-order valence-corrected chi connectivity index (χ0v) is 10.7. The summed E-state index contributed by atoms with van der Waals surface area (Å²) in [5, 5.41) is 7.58. The number of carbonyl (C=O) groups is 1. The molecular formula is C13H18N2OS. The summed E-state index contributed by atoms with van der Waals surface area (Å²) in [4.78, 5) is 14.2.